The molecule has 0 spiro atoms. The van der Waals surface area contributed by atoms with Crippen molar-refractivity contribution in [1.82, 2.24) is 0 Å². The summed E-state index contributed by atoms with van der Waals surface area (Å²) < 4.78 is 13.3. The topological polar surface area (TPSA) is 40.5 Å². The highest BCUT2D eigenvalue weighted by atomic mass is 19.1. The number of halogens is 1. The Balaban J connectivity index is 1.46. The van der Waals surface area contributed by atoms with Gasteiger partial charge in [0.05, 0.1) is 12.2 Å². The van der Waals surface area contributed by atoms with Gasteiger partial charge in [-0.05, 0) is 91.4 Å². The average Bonchev–Trinajstić information content (AvgIpc) is 2.95. The van der Waals surface area contributed by atoms with E-state index in [0.717, 1.165) is 49.7 Å². The van der Waals surface area contributed by atoms with Gasteiger partial charge in [0.1, 0.15) is 5.82 Å². The molecule has 156 valence electrons. The molecule has 4 aliphatic rings. The van der Waals surface area contributed by atoms with Crippen molar-refractivity contribution in [2.24, 2.45) is 28.6 Å². The van der Waals surface area contributed by atoms with Crippen molar-refractivity contribution in [1.29, 1.82) is 0 Å². The molecule has 0 bridgehead atoms. The SMILES string of the molecule is C[C@]12CC[C@@H]3[C@H](CC=C4C[C@H](O)CC[C@@]43C)[C@@H]1C/C(=C\c1ccc(F)cc1)[C@H]2O. The Kier molecular flexibility index (Phi) is 4.56. The third kappa shape index (κ3) is 2.96. The van der Waals surface area contributed by atoms with Crippen LogP contribution in [0.15, 0.2) is 41.5 Å². The Bertz CT molecular complexity index is 856. The summed E-state index contributed by atoms with van der Waals surface area (Å²) in [7, 11) is 0. The second-order valence-electron chi connectivity index (χ2n) is 10.6. The maximum Gasteiger partial charge on any atom is 0.123 e. The van der Waals surface area contributed by atoms with Crippen LogP contribution in [0.4, 0.5) is 4.39 Å². The number of hydrogen-bond acceptors (Lipinski definition) is 2. The molecule has 0 amide bonds. The molecular formula is C26H33FO2. The summed E-state index contributed by atoms with van der Waals surface area (Å²) in [6, 6.07) is 6.58. The fraction of sp³-hybridized carbons (Fsp3) is 0.615. The molecule has 7 atom stereocenters. The van der Waals surface area contributed by atoms with Gasteiger partial charge in [0.15, 0.2) is 0 Å². The number of aliphatic hydroxyl groups is 2. The summed E-state index contributed by atoms with van der Waals surface area (Å²) in [6.07, 6.45) is 11.0. The van der Waals surface area contributed by atoms with Crippen molar-refractivity contribution in [2.75, 3.05) is 0 Å². The lowest BCUT2D eigenvalue weighted by atomic mass is 9.48. The molecule has 3 fully saturated rings. The summed E-state index contributed by atoms with van der Waals surface area (Å²) in [6.45, 7) is 4.72. The first-order valence-corrected chi connectivity index (χ1v) is 11.3. The second kappa shape index (κ2) is 6.78. The van der Waals surface area contributed by atoms with Crippen molar-refractivity contribution in [3.63, 3.8) is 0 Å². The van der Waals surface area contributed by atoms with Gasteiger partial charge < -0.3 is 10.2 Å². The maximum atomic E-state index is 13.3. The number of rotatable bonds is 1. The molecule has 1 aromatic rings. The van der Waals surface area contributed by atoms with Gasteiger partial charge >= 0.3 is 0 Å². The quantitative estimate of drug-likeness (QED) is 0.615. The molecule has 0 aliphatic heterocycles. The Labute approximate surface area is 173 Å². The highest BCUT2D eigenvalue weighted by molar-refractivity contribution is 5.55. The van der Waals surface area contributed by atoms with Crippen LogP contribution in [0.3, 0.4) is 0 Å². The number of aliphatic hydroxyl groups excluding tert-OH is 2. The van der Waals surface area contributed by atoms with Gasteiger partial charge in [0.25, 0.3) is 0 Å². The van der Waals surface area contributed by atoms with Crippen LogP contribution in [0, 0.1) is 34.4 Å². The first-order chi connectivity index (χ1) is 13.8. The van der Waals surface area contributed by atoms with Crippen molar-refractivity contribution in [2.45, 2.75) is 71.0 Å². The molecule has 0 aromatic heterocycles. The van der Waals surface area contributed by atoms with Crippen LogP contribution in [-0.4, -0.2) is 22.4 Å². The zero-order valence-electron chi connectivity index (χ0n) is 17.6. The van der Waals surface area contributed by atoms with Gasteiger partial charge in [-0.2, -0.15) is 0 Å². The van der Waals surface area contributed by atoms with Crippen LogP contribution in [0.1, 0.15) is 64.4 Å². The highest BCUT2D eigenvalue weighted by Crippen LogP contribution is 2.65. The summed E-state index contributed by atoms with van der Waals surface area (Å²) in [5.74, 6) is 1.53. The summed E-state index contributed by atoms with van der Waals surface area (Å²) in [5.41, 5.74) is 3.73. The molecule has 2 N–H and O–H groups in total. The third-order valence-electron chi connectivity index (χ3n) is 9.17. The van der Waals surface area contributed by atoms with E-state index in [1.54, 1.807) is 12.1 Å². The Hall–Kier alpha value is -1.45. The molecule has 5 rings (SSSR count). The van der Waals surface area contributed by atoms with E-state index in [0.29, 0.717) is 17.8 Å². The third-order valence-corrected chi connectivity index (χ3v) is 9.17. The van der Waals surface area contributed by atoms with Crippen LogP contribution < -0.4 is 0 Å². The average molecular weight is 397 g/mol. The van der Waals surface area contributed by atoms with Crippen molar-refractivity contribution < 1.29 is 14.6 Å². The zero-order chi connectivity index (χ0) is 20.4. The lowest BCUT2D eigenvalue weighted by Gasteiger charge is -2.57. The van der Waals surface area contributed by atoms with E-state index in [4.69, 9.17) is 0 Å². The minimum absolute atomic E-state index is 0.0666. The lowest BCUT2D eigenvalue weighted by Crippen LogP contribution is -2.51. The summed E-state index contributed by atoms with van der Waals surface area (Å²) in [5, 5.41) is 21.5. The van der Waals surface area contributed by atoms with E-state index >= 15 is 0 Å². The van der Waals surface area contributed by atoms with Crippen LogP contribution in [0.2, 0.25) is 0 Å². The summed E-state index contributed by atoms with van der Waals surface area (Å²) in [4.78, 5) is 0. The Morgan fingerprint density at radius 3 is 2.52 bits per heavy atom. The molecule has 0 heterocycles. The first kappa shape index (κ1) is 19.5. The molecule has 29 heavy (non-hydrogen) atoms. The van der Waals surface area contributed by atoms with Crippen LogP contribution in [0.5, 0.6) is 0 Å². The standard InChI is InChI=1S/C26H33FO2/c1-25-11-9-20(28)15-18(25)5-8-21-22(25)10-12-26(2)23(21)14-17(24(26)29)13-16-3-6-19(27)7-4-16/h3-7,13,20-24,28-29H,8-12,14-15H2,1-2H3/b17-13+/t20-,21+,22-,23+,24-,25+,26+/m1/s1. The second-order valence-corrected chi connectivity index (χ2v) is 10.6. The molecule has 2 nitrogen and oxygen atoms in total. The molecule has 0 unspecified atom stereocenters. The smallest absolute Gasteiger partial charge is 0.123 e. The van der Waals surface area contributed by atoms with E-state index in [-0.39, 0.29) is 22.8 Å². The molecule has 0 saturated heterocycles. The van der Waals surface area contributed by atoms with E-state index in [9.17, 15) is 14.6 Å². The van der Waals surface area contributed by atoms with Gasteiger partial charge in [-0.15, -0.1) is 0 Å². The largest absolute Gasteiger partial charge is 0.393 e. The van der Waals surface area contributed by atoms with Crippen LogP contribution >= 0.6 is 0 Å². The Morgan fingerprint density at radius 1 is 1.00 bits per heavy atom. The zero-order valence-corrected chi connectivity index (χ0v) is 17.6. The fourth-order valence-electron chi connectivity index (χ4n) is 7.41. The Morgan fingerprint density at radius 2 is 1.76 bits per heavy atom. The number of hydrogen-bond donors (Lipinski definition) is 2. The summed E-state index contributed by atoms with van der Waals surface area (Å²) >= 11 is 0. The molecule has 0 radical (unpaired) electrons. The van der Waals surface area contributed by atoms with Gasteiger partial charge in [-0.3, -0.25) is 0 Å². The molecular weight excluding hydrogens is 363 g/mol. The first-order valence-electron chi connectivity index (χ1n) is 11.3. The highest BCUT2D eigenvalue weighted by Gasteiger charge is 2.59. The van der Waals surface area contributed by atoms with E-state index < -0.39 is 6.10 Å². The van der Waals surface area contributed by atoms with Crippen molar-refractivity contribution in [3.8, 4) is 0 Å². The molecule has 4 aliphatic carbocycles. The predicted octanol–water partition coefficient (Wildman–Crippen LogP) is 5.50. The van der Waals surface area contributed by atoms with Crippen molar-refractivity contribution in [3.05, 3.63) is 52.9 Å². The van der Waals surface area contributed by atoms with Gasteiger partial charge in [0.2, 0.25) is 0 Å². The van der Waals surface area contributed by atoms with Gasteiger partial charge in [0, 0.05) is 5.41 Å². The molecule has 1 aromatic carbocycles. The monoisotopic (exact) mass is 396 g/mol. The van der Waals surface area contributed by atoms with E-state index in [1.165, 1.54) is 24.1 Å². The van der Waals surface area contributed by atoms with Crippen molar-refractivity contribution >= 4 is 6.08 Å². The molecule has 3 saturated carbocycles. The molecule has 3 heteroatoms. The maximum absolute atomic E-state index is 13.3. The van der Waals surface area contributed by atoms with E-state index in [1.807, 2.05) is 0 Å². The van der Waals surface area contributed by atoms with Crippen LogP contribution in [0.25, 0.3) is 6.08 Å². The fourth-order valence-corrected chi connectivity index (χ4v) is 7.41. The van der Waals surface area contributed by atoms with Gasteiger partial charge in [-0.25, -0.2) is 4.39 Å². The predicted molar refractivity (Wildman–Crippen MR) is 113 cm³/mol. The van der Waals surface area contributed by atoms with E-state index in [2.05, 4.69) is 26.0 Å². The number of fused-ring (bicyclic) bond motifs is 5. The number of allylic oxidation sites excluding steroid dienone is 1. The minimum Gasteiger partial charge on any atom is -0.393 e. The minimum atomic E-state index is -0.412. The number of benzene rings is 1. The van der Waals surface area contributed by atoms with Crippen LogP contribution in [-0.2, 0) is 0 Å². The normalized spacial score (nSPS) is 45.3. The van der Waals surface area contributed by atoms with Gasteiger partial charge in [-0.1, -0.05) is 43.7 Å². The lowest BCUT2D eigenvalue weighted by molar-refractivity contribution is -0.0685.